The first-order chi connectivity index (χ1) is 18.2. The van der Waals surface area contributed by atoms with Crippen molar-refractivity contribution in [3.05, 3.63) is 0 Å². The maximum atomic E-state index is 13.2. The lowest BCUT2D eigenvalue weighted by Crippen LogP contribution is -2.58. The molecule has 5 N–H and O–H groups in total. The Morgan fingerprint density at radius 3 is 2.05 bits per heavy atom. The predicted molar refractivity (Wildman–Crippen MR) is 147 cm³/mol. The number of rotatable bonds is 14. The standard InChI is InChI=1S/C27H48N6O6/c1-9-17(6)23(32-24(36)19(13-15(2)3)30-18(7)34)26(38)29-14-21(35)31-22(16(4)5)27(39)33-12-10-11-20(33)25(37)28-8/h15-17,19-20,22-23H,9-14H2,1-8H3,(H,28,37)(H,29,38)(H,30,34)(H,31,35)(H,32,36)/t17-,19-,20-,22-,23-/m0/s1. The molecule has 1 saturated heterocycles. The first-order valence-corrected chi connectivity index (χ1v) is 13.9. The number of nitrogens with zero attached hydrogens (tertiary/aromatic N) is 1. The Morgan fingerprint density at radius 1 is 0.897 bits per heavy atom. The quantitative estimate of drug-likeness (QED) is 0.204. The summed E-state index contributed by atoms with van der Waals surface area (Å²) in [6.07, 6.45) is 2.25. The van der Waals surface area contributed by atoms with Crippen molar-refractivity contribution in [2.75, 3.05) is 20.1 Å². The van der Waals surface area contributed by atoms with Gasteiger partial charge in [0.1, 0.15) is 24.2 Å². The van der Waals surface area contributed by atoms with Crippen LogP contribution in [0.25, 0.3) is 0 Å². The molecule has 0 bridgehead atoms. The molecule has 1 aliphatic heterocycles. The Hall–Kier alpha value is -3.18. The van der Waals surface area contributed by atoms with Gasteiger partial charge in [0.05, 0.1) is 6.54 Å². The minimum absolute atomic E-state index is 0.135. The number of likely N-dealkylation sites (tertiary alicyclic amines) is 1. The van der Waals surface area contributed by atoms with Gasteiger partial charge in [-0.3, -0.25) is 28.8 Å². The summed E-state index contributed by atoms with van der Waals surface area (Å²) in [7, 11) is 1.52. The van der Waals surface area contributed by atoms with Crippen molar-refractivity contribution in [2.24, 2.45) is 17.8 Å². The van der Waals surface area contributed by atoms with Gasteiger partial charge in [0.15, 0.2) is 0 Å². The van der Waals surface area contributed by atoms with Crippen LogP contribution in [0.4, 0.5) is 0 Å². The van der Waals surface area contributed by atoms with E-state index in [1.807, 2.05) is 27.7 Å². The lowest BCUT2D eigenvalue weighted by atomic mass is 9.96. The van der Waals surface area contributed by atoms with Crippen molar-refractivity contribution in [3.63, 3.8) is 0 Å². The second kappa shape index (κ2) is 16.0. The molecule has 12 nitrogen and oxygen atoms in total. The molecule has 0 aromatic heterocycles. The summed E-state index contributed by atoms with van der Waals surface area (Å²) >= 11 is 0. The van der Waals surface area contributed by atoms with Crippen LogP contribution in [-0.2, 0) is 28.8 Å². The van der Waals surface area contributed by atoms with Crippen LogP contribution in [0.3, 0.4) is 0 Å². The number of hydrogen-bond acceptors (Lipinski definition) is 6. The lowest BCUT2D eigenvalue weighted by molar-refractivity contribution is -0.142. The lowest BCUT2D eigenvalue weighted by Gasteiger charge is -2.30. The Labute approximate surface area is 232 Å². The monoisotopic (exact) mass is 552 g/mol. The molecule has 1 heterocycles. The van der Waals surface area contributed by atoms with Gasteiger partial charge in [0.25, 0.3) is 0 Å². The van der Waals surface area contributed by atoms with E-state index in [-0.39, 0.29) is 35.5 Å². The van der Waals surface area contributed by atoms with Crippen molar-refractivity contribution >= 4 is 35.4 Å². The largest absolute Gasteiger partial charge is 0.357 e. The fourth-order valence-electron chi connectivity index (χ4n) is 4.57. The summed E-state index contributed by atoms with van der Waals surface area (Å²) in [5, 5.41) is 13.2. The molecule has 0 saturated carbocycles. The molecule has 0 aromatic carbocycles. The van der Waals surface area contributed by atoms with Gasteiger partial charge >= 0.3 is 0 Å². The van der Waals surface area contributed by atoms with Crippen LogP contribution >= 0.6 is 0 Å². The van der Waals surface area contributed by atoms with Crippen LogP contribution in [0.5, 0.6) is 0 Å². The molecule has 12 heteroatoms. The summed E-state index contributed by atoms with van der Waals surface area (Å²) in [6, 6.07) is -3.14. The van der Waals surface area contributed by atoms with Crippen LogP contribution in [0.2, 0.25) is 0 Å². The molecular formula is C27H48N6O6. The van der Waals surface area contributed by atoms with E-state index >= 15 is 0 Å². The molecule has 0 aliphatic carbocycles. The van der Waals surface area contributed by atoms with E-state index in [2.05, 4.69) is 26.6 Å². The van der Waals surface area contributed by atoms with Gasteiger partial charge in [-0.25, -0.2) is 0 Å². The average molecular weight is 553 g/mol. The number of carbonyl (C=O) groups is 6. The Bertz CT molecular complexity index is 892. The first kappa shape index (κ1) is 33.8. The Balaban J connectivity index is 2.87. The third-order valence-corrected chi connectivity index (χ3v) is 6.95. The summed E-state index contributed by atoms with van der Waals surface area (Å²) in [5.74, 6) is -2.84. The van der Waals surface area contributed by atoms with E-state index in [1.165, 1.54) is 18.9 Å². The molecule has 1 aliphatic rings. The SMILES string of the molecule is CC[C@H](C)[C@H](NC(=O)[C@H](CC(C)C)NC(C)=O)C(=O)NCC(=O)N[C@H](C(=O)N1CCC[C@H]1C(=O)NC)C(C)C. The summed E-state index contributed by atoms with van der Waals surface area (Å²) in [4.78, 5) is 77.3. The third kappa shape index (κ3) is 10.5. The number of nitrogens with one attached hydrogen (secondary N) is 5. The van der Waals surface area contributed by atoms with E-state index in [0.29, 0.717) is 32.2 Å². The smallest absolute Gasteiger partial charge is 0.246 e. The van der Waals surface area contributed by atoms with Crippen LogP contribution in [0, 0.1) is 17.8 Å². The molecule has 1 fully saturated rings. The van der Waals surface area contributed by atoms with Crippen molar-refractivity contribution in [1.29, 1.82) is 0 Å². The van der Waals surface area contributed by atoms with Gasteiger partial charge in [0, 0.05) is 20.5 Å². The zero-order valence-electron chi connectivity index (χ0n) is 24.7. The van der Waals surface area contributed by atoms with Gasteiger partial charge in [-0.05, 0) is 37.0 Å². The number of likely N-dealkylation sites (N-methyl/N-ethyl adjacent to an activating group) is 1. The van der Waals surface area contributed by atoms with Crippen molar-refractivity contribution < 1.29 is 28.8 Å². The molecule has 0 spiro atoms. The average Bonchev–Trinajstić information content (AvgIpc) is 3.36. The minimum Gasteiger partial charge on any atom is -0.357 e. The van der Waals surface area contributed by atoms with Crippen LogP contribution < -0.4 is 26.6 Å². The highest BCUT2D eigenvalue weighted by Crippen LogP contribution is 2.20. The topological polar surface area (TPSA) is 166 Å². The van der Waals surface area contributed by atoms with Crippen molar-refractivity contribution in [2.45, 2.75) is 98.3 Å². The molecule has 6 amide bonds. The van der Waals surface area contributed by atoms with E-state index in [4.69, 9.17) is 0 Å². The summed E-state index contributed by atoms with van der Waals surface area (Å²) in [5.41, 5.74) is 0. The number of carbonyl (C=O) groups excluding carboxylic acids is 6. The van der Waals surface area contributed by atoms with E-state index in [1.54, 1.807) is 13.8 Å². The second-order valence-electron chi connectivity index (χ2n) is 11.1. The van der Waals surface area contributed by atoms with Crippen LogP contribution in [0.1, 0.15) is 74.1 Å². The van der Waals surface area contributed by atoms with E-state index in [0.717, 1.165) is 0 Å². The minimum atomic E-state index is -0.917. The highest BCUT2D eigenvalue weighted by molar-refractivity contribution is 5.95. The first-order valence-electron chi connectivity index (χ1n) is 13.9. The maximum absolute atomic E-state index is 13.2. The predicted octanol–water partition coefficient (Wildman–Crippen LogP) is 0.0621. The zero-order valence-corrected chi connectivity index (χ0v) is 24.7. The highest BCUT2D eigenvalue weighted by Gasteiger charge is 2.38. The highest BCUT2D eigenvalue weighted by atomic mass is 16.2. The zero-order chi connectivity index (χ0) is 29.9. The second-order valence-corrected chi connectivity index (χ2v) is 11.1. The molecule has 222 valence electrons. The van der Waals surface area contributed by atoms with Gasteiger partial charge in [-0.2, -0.15) is 0 Å². The fourth-order valence-corrected chi connectivity index (χ4v) is 4.57. The van der Waals surface area contributed by atoms with E-state index in [9.17, 15) is 28.8 Å². The molecule has 1 rings (SSSR count). The fraction of sp³-hybridized carbons (Fsp3) is 0.778. The molecule has 0 aromatic rings. The van der Waals surface area contributed by atoms with Gasteiger partial charge in [0.2, 0.25) is 35.4 Å². The maximum Gasteiger partial charge on any atom is 0.246 e. The molecule has 5 atom stereocenters. The van der Waals surface area contributed by atoms with Gasteiger partial charge in [-0.1, -0.05) is 48.0 Å². The number of amides is 6. The van der Waals surface area contributed by atoms with Gasteiger partial charge in [-0.15, -0.1) is 0 Å². The third-order valence-electron chi connectivity index (χ3n) is 6.95. The molecule has 39 heavy (non-hydrogen) atoms. The molecule has 0 unspecified atom stereocenters. The summed E-state index contributed by atoms with van der Waals surface area (Å²) in [6.45, 7) is 12.5. The summed E-state index contributed by atoms with van der Waals surface area (Å²) < 4.78 is 0. The Morgan fingerprint density at radius 2 is 1.54 bits per heavy atom. The van der Waals surface area contributed by atoms with Gasteiger partial charge < -0.3 is 31.5 Å². The van der Waals surface area contributed by atoms with Crippen LogP contribution in [0.15, 0.2) is 0 Å². The molecular weight excluding hydrogens is 504 g/mol. The van der Waals surface area contributed by atoms with Crippen molar-refractivity contribution in [3.8, 4) is 0 Å². The number of hydrogen-bond donors (Lipinski definition) is 5. The Kier molecular flexibility index (Phi) is 13.9. The van der Waals surface area contributed by atoms with E-state index < -0.39 is 48.4 Å². The van der Waals surface area contributed by atoms with Crippen molar-refractivity contribution in [1.82, 2.24) is 31.5 Å². The normalized spacial score (nSPS) is 18.1. The van der Waals surface area contributed by atoms with Crippen LogP contribution in [-0.4, -0.2) is 84.6 Å². The molecule has 0 radical (unpaired) electrons.